The summed E-state index contributed by atoms with van der Waals surface area (Å²) in [7, 11) is 1.78. The van der Waals surface area contributed by atoms with Crippen LogP contribution in [0.5, 0.6) is 0 Å². The van der Waals surface area contributed by atoms with E-state index in [0.717, 1.165) is 6.54 Å². The minimum Gasteiger partial charge on any atom is -0.380 e. The molecule has 0 aliphatic carbocycles. The zero-order valence-corrected chi connectivity index (χ0v) is 5.31. The highest BCUT2D eigenvalue weighted by Gasteiger charge is 2.09. The predicted molar refractivity (Wildman–Crippen MR) is 32.9 cm³/mol. The van der Waals surface area contributed by atoms with Gasteiger partial charge in [0.15, 0.2) is 0 Å². The summed E-state index contributed by atoms with van der Waals surface area (Å²) >= 11 is 0. The molecule has 2 heteroatoms. The van der Waals surface area contributed by atoms with Crippen molar-refractivity contribution in [1.29, 1.82) is 0 Å². The maximum atomic E-state index is 5.13. The van der Waals surface area contributed by atoms with Crippen LogP contribution in [0.25, 0.3) is 0 Å². The van der Waals surface area contributed by atoms with Gasteiger partial charge in [0.1, 0.15) is 0 Å². The van der Waals surface area contributed by atoms with Crippen molar-refractivity contribution in [2.45, 2.75) is 18.9 Å². The Bertz CT molecular complexity index is 59.5. The van der Waals surface area contributed by atoms with E-state index in [0.29, 0.717) is 6.10 Å². The summed E-state index contributed by atoms with van der Waals surface area (Å²) in [6.45, 7) is 2.20. The Balaban J connectivity index is 2.13. The molecule has 2 nitrogen and oxygen atoms in total. The van der Waals surface area contributed by atoms with Crippen LogP contribution >= 0.6 is 0 Å². The van der Waals surface area contributed by atoms with E-state index in [1.807, 2.05) is 0 Å². The first kappa shape index (κ1) is 6.05. The van der Waals surface area contributed by atoms with Gasteiger partial charge in [0.2, 0.25) is 0 Å². The van der Waals surface area contributed by atoms with Gasteiger partial charge >= 0.3 is 0 Å². The molecule has 0 bridgehead atoms. The molecule has 1 aliphatic rings. The first-order valence-electron chi connectivity index (χ1n) is 3.17. The van der Waals surface area contributed by atoms with E-state index in [1.165, 1.54) is 19.4 Å². The van der Waals surface area contributed by atoms with Gasteiger partial charge in [0.25, 0.3) is 0 Å². The van der Waals surface area contributed by atoms with Gasteiger partial charge in [-0.1, -0.05) is 0 Å². The van der Waals surface area contributed by atoms with Gasteiger partial charge in [-0.05, 0) is 19.4 Å². The van der Waals surface area contributed by atoms with Gasteiger partial charge in [-0.25, -0.2) is 0 Å². The first-order valence-corrected chi connectivity index (χ1v) is 3.17. The zero-order valence-electron chi connectivity index (χ0n) is 5.31. The lowest BCUT2D eigenvalue weighted by Crippen LogP contribution is -2.34. The molecular weight excluding hydrogens is 102 g/mol. The lowest BCUT2D eigenvalue weighted by Gasteiger charge is -2.20. The SMILES string of the molecule is CO[C@H]1CCCNC1. The molecule has 8 heavy (non-hydrogen) atoms. The molecular formula is C6H13NO. The van der Waals surface area contributed by atoms with E-state index in [2.05, 4.69) is 5.32 Å². The summed E-state index contributed by atoms with van der Waals surface area (Å²) in [6, 6.07) is 0. The smallest absolute Gasteiger partial charge is 0.0696 e. The first-order chi connectivity index (χ1) is 3.93. The summed E-state index contributed by atoms with van der Waals surface area (Å²) in [5.41, 5.74) is 0. The minimum absolute atomic E-state index is 0.476. The minimum atomic E-state index is 0.476. The van der Waals surface area contributed by atoms with E-state index < -0.39 is 0 Å². The van der Waals surface area contributed by atoms with Crippen LogP contribution in [0.2, 0.25) is 0 Å². The van der Waals surface area contributed by atoms with E-state index in [9.17, 15) is 0 Å². The highest BCUT2D eigenvalue weighted by molar-refractivity contribution is 4.67. The second kappa shape index (κ2) is 3.05. The number of methoxy groups -OCH3 is 1. The predicted octanol–water partition coefficient (Wildman–Crippen LogP) is 0.385. The molecule has 0 unspecified atom stereocenters. The van der Waals surface area contributed by atoms with Crippen LogP contribution in [0.4, 0.5) is 0 Å². The maximum absolute atomic E-state index is 5.13. The maximum Gasteiger partial charge on any atom is 0.0696 e. The Hall–Kier alpha value is -0.0800. The highest BCUT2D eigenvalue weighted by Crippen LogP contribution is 2.03. The Kier molecular flexibility index (Phi) is 2.30. The zero-order chi connectivity index (χ0) is 5.82. The summed E-state index contributed by atoms with van der Waals surface area (Å²) < 4.78 is 5.13. The molecule has 48 valence electrons. The molecule has 1 heterocycles. The van der Waals surface area contributed by atoms with Crippen LogP contribution < -0.4 is 5.32 Å². The van der Waals surface area contributed by atoms with Crippen molar-refractivity contribution in [3.05, 3.63) is 0 Å². The largest absolute Gasteiger partial charge is 0.380 e. The van der Waals surface area contributed by atoms with E-state index in [1.54, 1.807) is 7.11 Å². The van der Waals surface area contributed by atoms with Crippen molar-refractivity contribution in [2.24, 2.45) is 0 Å². The van der Waals surface area contributed by atoms with Crippen molar-refractivity contribution < 1.29 is 4.74 Å². The molecule has 0 aromatic heterocycles. The van der Waals surface area contributed by atoms with Gasteiger partial charge < -0.3 is 10.1 Å². The molecule has 0 aromatic carbocycles. The van der Waals surface area contributed by atoms with Crippen molar-refractivity contribution >= 4 is 0 Å². The molecule has 1 atom stereocenters. The molecule has 0 saturated carbocycles. The fourth-order valence-corrected chi connectivity index (χ4v) is 1.02. The third-order valence-electron chi connectivity index (χ3n) is 1.58. The van der Waals surface area contributed by atoms with Gasteiger partial charge in [-0.15, -0.1) is 0 Å². The van der Waals surface area contributed by atoms with Crippen molar-refractivity contribution in [2.75, 3.05) is 20.2 Å². The van der Waals surface area contributed by atoms with Crippen molar-refractivity contribution in [1.82, 2.24) is 5.32 Å². The van der Waals surface area contributed by atoms with Gasteiger partial charge in [-0.2, -0.15) is 0 Å². The number of hydrogen-bond acceptors (Lipinski definition) is 2. The average Bonchev–Trinajstić information content (AvgIpc) is 1.90. The molecule has 1 N–H and O–H groups in total. The lowest BCUT2D eigenvalue weighted by molar-refractivity contribution is 0.0810. The van der Waals surface area contributed by atoms with Crippen LogP contribution in [0.1, 0.15) is 12.8 Å². The molecule has 1 rings (SSSR count). The number of piperidine rings is 1. The van der Waals surface area contributed by atoms with Crippen LogP contribution in [-0.2, 0) is 4.74 Å². The Morgan fingerprint density at radius 3 is 2.88 bits per heavy atom. The van der Waals surface area contributed by atoms with Gasteiger partial charge in [-0.3, -0.25) is 0 Å². The fraction of sp³-hybridized carbons (Fsp3) is 1.00. The van der Waals surface area contributed by atoms with Crippen molar-refractivity contribution in [3.63, 3.8) is 0 Å². The quantitative estimate of drug-likeness (QED) is 0.533. The molecule has 0 spiro atoms. The second-order valence-electron chi connectivity index (χ2n) is 2.20. The molecule has 1 saturated heterocycles. The fourth-order valence-electron chi connectivity index (χ4n) is 1.02. The average molecular weight is 115 g/mol. The monoisotopic (exact) mass is 115 g/mol. The summed E-state index contributed by atoms with van der Waals surface area (Å²) in [5, 5.41) is 3.26. The molecule has 0 aromatic rings. The Labute approximate surface area is 50.2 Å². The molecule has 1 aliphatic heterocycles. The number of rotatable bonds is 1. The van der Waals surface area contributed by atoms with E-state index >= 15 is 0 Å². The van der Waals surface area contributed by atoms with Crippen LogP contribution in [-0.4, -0.2) is 26.3 Å². The van der Waals surface area contributed by atoms with Crippen LogP contribution in [0, 0.1) is 0 Å². The molecule has 1 fully saturated rings. The third-order valence-corrected chi connectivity index (χ3v) is 1.58. The van der Waals surface area contributed by atoms with Crippen LogP contribution in [0.3, 0.4) is 0 Å². The molecule has 0 radical (unpaired) electrons. The number of nitrogens with one attached hydrogen (secondary N) is 1. The van der Waals surface area contributed by atoms with Gasteiger partial charge in [0, 0.05) is 13.7 Å². The van der Waals surface area contributed by atoms with Crippen LogP contribution in [0.15, 0.2) is 0 Å². The van der Waals surface area contributed by atoms with E-state index in [-0.39, 0.29) is 0 Å². The Morgan fingerprint density at radius 2 is 2.50 bits per heavy atom. The summed E-state index contributed by atoms with van der Waals surface area (Å²) in [5.74, 6) is 0. The third kappa shape index (κ3) is 1.46. The standard InChI is InChI=1S/C6H13NO/c1-8-6-3-2-4-7-5-6/h6-7H,2-5H2,1H3/t6-/m0/s1. The molecule has 0 amide bonds. The number of ether oxygens (including phenoxy) is 1. The summed E-state index contributed by atoms with van der Waals surface area (Å²) in [4.78, 5) is 0. The lowest BCUT2D eigenvalue weighted by atomic mass is 10.1. The topological polar surface area (TPSA) is 21.3 Å². The highest BCUT2D eigenvalue weighted by atomic mass is 16.5. The van der Waals surface area contributed by atoms with Crippen molar-refractivity contribution in [3.8, 4) is 0 Å². The number of hydrogen-bond donors (Lipinski definition) is 1. The van der Waals surface area contributed by atoms with Gasteiger partial charge in [0.05, 0.1) is 6.10 Å². The van der Waals surface area contributed by atoms with E-state index in [4.69, 9.17) is 4.74 Å². The second-order valence-corrected chi connectivity index (χ2v) is 2.20. The Morgan fingerprint density at radius 1 is 1.62 bits per heavy atom. The summed E-state index contributed by atoms with van der Waals surface area (Å²) in [6.07, 6.45) is 2.96. The normalized spacial score (nSPS) is 30.4.